The molecular formula is C18H24N2O. The van der Waals surface area contributed by atoms with Crippen LogP contribution in [0, 0.1) is 16.7 Å². The molecule has 112 valence electrons. The molecule has 1 aromatic carbocycles. The molecule has 0 radical (unpaired) electrons. The van der Waals surface area contributed by atoms with Gasteiger partial charge in [-0.25, -0.2) is 0 Å². The first kappa shape index (κ1) is 14.4. The van der Waals surface area contributed by atoms with Gasteiger partial charge in [-0.2, -0.15) is 5.26 Å². The van der Waals surface area contributed by atoms with Gasteiger partial charge >= 0.3 is 0 Å². The molecule has 1 saturated carbocycles. The van der Waals surface area contributed by atoms with Crippen molar-refractivity contribution in [3.05, 3.63) is 29.3 Å². The molecule has 1 aliphatic carbocycles. The molecule has 3 nitrogen and oxygen atoms in total. The van der Waals surface area contributed by atoms with Gasteiger partial charge in [-0.15, -0.1) is 0 Å². The third kappa shape index (κ3) is 2.53. The summed E-state index contributed by atoms with van der Waals surface area (Å²) in [5.41, 5.74) is 2.93. The summed E-state index contributed by atoms with van der Waals surface area (Å²) < 4.78 is 0. The molecule has 0 saturated heterocycles. The van der Waals surface area contributed by atoms with Gasteiger partial charge in [0.25, 0.3) is 0 Å². The van der Waals surface area contributed by atoms with Gasteiger partial charge in [0.15, 0.2) is 0 Å². The SMILES string of the molecule is CN1CCCc2cc(C(O)C3(C#N)CCCCC3)ccc21. The van der Waals surface area contributed by atoms with Crippen LogP contribution >= 0.6 is 0 Å². The van der Waals surface area contributed by atoms with Gasteiger partial charge in [-0.3, -0.25) is 0 Å². The van der Waals surface area contributed by atoms with Crippen LogP contribution in [0.25, 0.3) is 0 Å². The van der Waals surface area contributed by atoms with Crippen molar-refractivity contribution in [2.24, 2.45) is 5.41 Å². The number of nitrogens with zero attached hydrogens (tertiary/aromatic N) is 2. The van der Waals surface area contributed by atoms with E-state index in [-0.39, 0.29) is 0 Å². The third-order valence-corrected chi connectivity index (χ3v) is 5.26. The van der Waals surface area contributed by atoms with Crippen molar-refractivity contribution < 1.29 is 5.11 Å². The number of benzene rings is 1. The average molecular weight is 284 g/mol. The number of fused-ring (bicyclic) bond motifs is 1. The second-order valence-corrected chi connectivity index (χ2v) is 6.64. The van der Waals surface area contributed by atoms with Crippen molar-refractivity contribution >= 4 is 5.69 Å². The molecule has 1 aliphatic heterocycles. The number of aryl methyl sites for hydroxylation is 1. The Labute approximate surface area is 127 Å². The predicted molar refractivity (Wildman–Crippen MR) is 84.1 cm³/mol. The Hall–Kier alpha value is -1.53. The van der Waals surface area contributed by atoms with E-state index < -0.39 is 11.5 Å². The minimum absolute atomic E-state index is 0.576. The molecule has 1 aromatic rings. The quantitative estimate of drug-likeness (QED) is 0.903. The molecule has 1 atom stereocenters. The maximum absolute atomic E-state index is 10.8. The van der Waals surface area contributed by atoms with Crippen LogP contribution in [0.15, 0.2) is 18.2 Å². The lowest BCUT2D eigenvalue weighted by atomic mass is 9.69. The topological polar surface area (TPSA) is 47.3 Å². The van der Waals surface area contributed by atoms with E-state index in [1.54, 1.807) is 0 Å². The fourth-order valence-electron chi connectivity index (χ4n) is 3.92. The normalized spacial score (nSPS) is 22.2. The zero-order chi connectivity index (χ0) is 14.9. The summed E-state index contributed by atoms with van der Waals surface area (Å²) >= 11 is 0. The molecule has 3 heteroatoms. The molecule has 21 heavy (non-hydrogen) atoms. The maximum Gasteiger partial charge on any atom is 0.0976 e. The van der Waals surface area contributed by atoms with Crippen LogP contribution in [0.5, 0.6) is 0 Å². The van der Waals surface area contributed by atoms with Crippen LogP contribution in [-0.4, -0.2) is 18.7 Å². The molecule has 1 fully saturated rings. The molecule has 1 heterocycles. The molecule has 0 aromatic heterocycles. The van der Waals surface area contributed by atoms with E-state index in [2.05, 4.69) is 30.1 Å². The van der Waals surface area contributed by atoms with Crippen molar-refractivity contribution in [2.45, 2.75) is 51.0 Å². The number of aliphatic hydroxyl groups excluding tert-OH is 1. The summed E-state index contributed by atoms with van der Waals surface area (Å²) in [4.78, 5) is 2.27. The highest BCUT2D eigenvalue weighted by molar-refractivity contribution is 5.56. The standard InChI is InChI=1S/C18H24N2O/c1-20-11-5-6-14-12-15(7-8-16(14)20)17(21)18(13-19)9-3-2-4-10-18/h7-8,12,17,21H,2-6,9-11H2,1H3. The smallest absolute Gasteiger partial charge is 0.0976 e. The number of hydrogen-bond acceptors (Lipinski definition) is 3. The van der Waals surface area contributed by atoms with E-state index in [0.717, 1.165) is 50.6 Å². The largest absolute Gasteiger partial charge is 0.387 e. The molecule has 0 bridgehead atoms. The lowest BCUT2D eigenvalue weighted by Gasteiger charge is -2.36. The zero-order valence-corrected chi connectivity index (χ0v) is 12.8. The number of hydrogen-bond donors (Lipinski definition) is 1. The number of nitriles is 1. The van der Waals surface area contributed by atoms with Crippen molar-refractivity contribution in [1.82, 2.24) is 0 Å². The Morgan fingerprint density at radius 1 is 1.24 bits per heavy atom. The highest BCUT2D eigenvalue weighted by Gasteiger charge is 2.40. The van der Waals surface area contributed by atoms with Gasteiger partial charge in [0.2, 0.25) is 0 Å². The van der Waals surface area contributed by atoms with Gasteiger partial charge in [0.05, 0.1) is 17.6 Å². The Morgan fingerprint density at radius 3 is 2.71 bits per heavy atom. The fourth-order valence-corrected chi connectivity index (χ4v) is 3.92. The Bertz CT molecular complexity index is 555. The van der Waals surface area contributed by atoms with Gasteiger partial charge in [0, 0.05) is 19.3 Å². The Morgan fingerprint density at radius 2 is 2.00 bits per heavy atom. The third-order valence-electron chi connectivity index (χ3n) is 5.26. The van der Waals surface area contributed by atoms with Gasteiger partial charge in [0.1, 0.15) is 0 Å². The van der Waals surface area contributed by atoms with Crippen LogP contribution in [0.3, 0.4) is 0 Å². The first-order valence-corrected chi connectivity index (χ1v) is 8.09. The summed E-state index contributed by atoms with van der Waals surface area (Å²) in [6.07, 6.45) is 6.51. The molecule has 0 amide bonds. The fraction of sp³-hybridized carbons (Fsp3) is 0.611. The van der Waals surface area contributed by atoms with Crippen LogP contribution in [0.1, 0.15) is 55.8 Å². The Kier molecular flexibility index (Phi) is 3.91. The molecular weight excluding hydrogens is 260 g/mol. The average Bonchev–Trinajstić information content (AvgIpc) is 2.54. The van der Waals surface area contributed by atoms with E-state index in [1.165, 1.54) is 17.7 Å². The number of anilines is 1. The second kappa shape index (κ2) is 5.69. The van der Waals surface area contributed by atoms with E-state index >= 15 is 0 Å². The zero-order valence-electron chi connectivity index (χ0n) is 12.8. The minimum Gasteiger partial charge on any atom is -0.387 e. The first-order chi connectivity index (χ1) is 10.2. The number of aliphatic hydroxyl groups is 1. The summed E-state index contributed by atoms with van der Waals surface area (Å²) in [5.74, 6) is 0. The summed E-state index contributed by atoms with van der Waals surface area (Å²) in [6.45, 7) is 1.09. The summed E-state index contributed by atoms with van der Waals surface area (Å²) in [7, 11) is 2.12. The molecule has 3 rings (SSSR count). The first-order valence-electron chi connectivity index (χ1n) is 8.09. The molecule has 0 spiro atoms. The number of rotatable bonds is 2. The lowest BCUT2D eigenvalue weighted by Crippen LogP contribution is -2.30. The van der Waals surface area contributed by atoms with Gasteiger partial charge in [-0.05, 0) is 42.9 Å². The van der Waals surface area contributed by atoms with Crippen LogP contribution < -0.4 is 4.90 Å². The maximum atomic E-state index is 10.8. The van der Waals surface area contributed by atoms with Crippen molar-refractivity contribution in [3.8, 4) is 6.07 Å². The second-order valence-electron chi connectivity index (χ2n) is 6.64. The van der Waals surface area contributed by atoms with Crippen LogP contribution in [0.4, 0.5) is 5.69 Å². The van der Waals surface area contributed by atoms with Gasteiger partial charge in [-0.1, -0.05) is 31.4 Å². The molecule has 1 N–H and O–H groups in total. The monoisotopic (exact) mass is 284 g/mol. The van der Waals surface area contributed by atoms with Crippen molar-refractivity contribution in [2.75, 3.05) is 18.5 Å². The summed E-state index contributed by atoms with van der Waals surface area (Å²) in [5, 5.41) is 20.5. The highest BCUT2D eigenvalue weighted by atomic mass is 16.3. The van der Waals surface area contributed by atoms with Gasteiger partial charge < -0.3 is 10.0 Å². The van der Waals surface area contributed by atoms with E-state index in [4.69, 9.17) is 0 Å². The van der Waals surface area contributed by atoms with E-state index in [1.807, 2.05) is 6.07 Å². The molecule has 2 aliphatic rings. The van der Waals surface area contributed by atoms with Crippen LogP contribution in [-0.2, 0) is 6.42 Å². The van der Waals surface area contributed by atoms with Crippen molar-refractivity contribution in [3.63, 3.8) is 0 Å². The predicted octanol–water partition coefficient (Wildman–Crippen LogP) is 3.58. The van der Waals surface area contributed by atoms with Crippen molar-refractivity contribution in [1.29, 1.82) is 5.26 Å². The molecule has 1 unspecified atom stereocenters. The highest BCUT2D eigenvalue weighted by Crippen LogP contribution is 2.46. The van der Waals surface area contributed by atoms with E-state index in [0.29, 0.717) is 0 Å². The lowest BCUT2D eigenvalue weighted by molar-refractivity contribution is 0.0359. The van der Waals surface area contributed by atoms with E-state index in [9.17, 15) is 10.4 Å². The summed E-state index contributed by atoms with van der Waals surface area (Å²) in [6, 6.07) is 8.70. The Balaban J connectivity index is 1.91. The minimum atomic E-state index is -0.652. The van der Waals surface area contributed by atoms with Crippen LogP contribution in [0.2, 0.25) is 0 Å².